The Hall–Kier alpha value is -1.22. The summed E-state index contributed by atoms with van der Waals surface area (Å²) in [4.78, 5) is 0. The molecule has 3 heteroatoms. The largest absolute Gasteiger partial charge is 0.497 e. The van der Waals surface area contributed by atoms with Gasteiger partial charge < -0.3 is 14.8 Å². The molecule has 1 saturated carbocycles. The summed E-state index contributed by atoms with van der Waals surface area (Å²) in [5, 5.41) is 3.48. The molecule has 1 aromatic carbocycles. The first kappa shape index (κ1) is 14.2. The molecule has 0 aliphatic heterocycles. The molecule has 1 atom stereocenters. The molecule has 1 N–H and O–H groups in total. The van der Waals surface area contributed by atoms with E-state index in [1.807, 2.05) is 19.2 Å². The number of benzene rings is 1. The van der Waals surface area contributed by atoms with Gasteiger partial charge in [0.25, 0.3) is 0 Å². The second-order valence-corrected chi connectivity index (χ2v) is 5.27. The average molecular weight is 263 g/mol. The van der Waals surface area contributed by atoms with Crippen LogP contribution in [-0.2, 0) is 0 Å². The molecule has 0 spiro atoms. The molecule has 0 saturated heterocycles. The minimum absolute atomic E-state index is 0.376. The molecule has 0 radical (unpaired) electrons. The highest BCUT2D eigenvalue weighted by Gasteiger charge is 2.26. The normalized spacial score (nSPS) is 18.1. The van der Waals surface area contributed by atoms with E-state index in [9.17, 15) is 0 Å². The molecule has 0 amide bonds. The zero-order valence-electron chi connectivity index (χ0n) is 12.2. The summed E-state index contributed by atoms with van der Waals surface area (Å²) in [5.41, 5.74) is 1.25. The molecule has 106 valence electrons. The van der Waals surface area contributed by atoms with Crippen molar-refractivity contribution in [3.63, 3.8) is 0 Å². The smallest absolute Gasteiger partial charge is 0.127 e. The van der Waals surface area contributed by atoms with Crippen LogP contribution in [-0.4, -0.2) is 21.3 Å². The first-order valence-corrected chi connectivity index (χ1v) is 7.19. The van der Waals surface area contributed by atoms with Gasteiger partial charge >= 0.3 is 0 Å². The molecule has 1 aromatic rings. The minimum Gasteiger partial charge on any atom is -0.497 e. The summed E-state index contributed by atoms with van der Waals surface area (Å²) < 4.78 is 10.8. The Morgan fingerprint density at radius 1 is 1.11 bits per heavy atom. The number of hydrogen-bond donors (Lipinski definition) is 1. The fourth-order valence-corrected chi connectivity index (χ4v) is 3.19. The van der Waals surface area contributed by atoms with Crippen LogP contribution in [0, 0.1) is 5.92 Å². The van der Waals surface area contributed by atoms with Crippen LogP contribution < -0.4 is 14.8 Å². The van der Waals surface area contributed by atoms with E-state index in [1.165, 1.54) is 37.7 Å². The van der Waals surface area contributed by atoms with E-state index in [0.717, 1.165) is 11.5 Å². The SMILES string of the molecule is CNC(c1ccc(OC)cc1OC)C1CCCCC1. The summed E-state index contributed by atoms with van der Waals surface area (Å²) in [5.74, 6) is 2.48. The van der Waals surface area contributed by atoms with Crippen molar-refractivity contribution >= 4 is 0 Å². The number of hydrogen-bond acceptors (Lipinski definition) is 3. The second-order valence-electron chi connectivity index (χ2n) is 5.27. The fraction of sp³-hybridized carbons (Fsp3) is 0.625. The number of ether oxygens (including phenoxy) is 2. The molecule has 19 heavy (non-hydrogen) atoms. The van der Waals surface area contributed by atoms with E-state index >= 15 is 0 Å². The molecule has 1 unspecified atom stereocenters. The Morgan fingerprint density at radius 3 is 2.42 bits per heavy atom. The van der Waals surface area contributed by atoms with Gasteiger partial charge in [0.05, 0.1) is 14.2 Å². The van der Waals surface area contributed by atoms with Gasteiger partial charge in [-0.15, -0.1) is 0 Å². The van der Waals surface area contributed by atoms with Gasteiger partial charge in [-0.1, -0.05) is 25.3 Å². The average Bonchev–Trinajstić information content (AvgIpc) is 2.49. The molecule has 3 nitrogen and oxygen atoms in total. The van der Waals surface area contributed by atoms with Gasteiger partial charge in [0.1, 0.15) is 11.5 Å². The first-order chi connectivity index (χ1) is 9.30. The Morgan fingerprint density at radius 2 is 1.84 bits per heavy atom. The predicted octanol–water partition coefficient (Wildman–Crippen LogP) is 3.54. The highest BCUT2D eigenvalue weighted by Crippen LogP contribution is 2.38. The maximum absolute atomic E-state index is 5.54. The van der Waals surface area contributed by atoms with Crippen LogP contribution in [0.1, 0.15) is 43.7 Å². The van der Waals surface area contributed by atoms with Crippen LogP contribution in [0.3, 0.4) is 0 Å². The van der Waals surface area contributed by atoms with E-state index in [0.29, 0.717) is 12.0 Å². The summed E-state index contributed by atoms with van der Waals surface area (Å²) >= 11 is 0. The maximum atomic E-state index is 5.54. The summed E-state index contributed by atoms with van der Waals surface area (Å²) in [7, 11) is 5.46. The van der Waals surface area contributed by atoms with Crippen LogP contribution in [0.25, 0.3) is 0 Å². The van der Waals surface area contributed by atoms with Crippen LogP contribution in [0.2, 0.25) is 0 Å². The molecule has 1 aliphatic carbocycles. The van der Waals surface area contributed by atoms with Crippen molar-refractivity contribution in [2.45, 2.75) is 38.1 Å². The Bertz CT molecular complexity index is 400. The summed E-state index contributed by atoms with van der Waals surface area (Å²) in [6, 6.07) is 6.50. The number of methoxy groups -OCH3 is 2. The highest BCUT2D eigenvalue weighted by molar-refractivity contribution is 5.42. The van der Waals surface area contributed by atoms with Crippen molar-refractivity contribution in [3.05, 3.63) is 23.8 Å². The third-order valence-corrected chi connectivity index (χ3v) is 4.21. The third-order valence-electron chi connectivity index (χ3n) is 4.21. The predicted molar refractivity (Wildman–Crippen MR) is 77.9 cm³/mol. The van der Waals surface area contributed by atoms with Gasteiger partial charge in [0.15, 0.2) is 0 Å². The molecule has 0 heterocycles. The van der Waals surface area contributed by atoms with Gasteiger partial charge in [0.2, 0.25) is 0 Å². The lowest BCUT2D eigenvalue weighted by Gasteiger charge is -2.31. The molecule has 1 aliphatic rings. The highest BCUT2D eigenvalue weighted by atomic mass is 16.5. The Balaban J connectivity index is 2.26. The van der Waals surface area contributed by atoms with Gasteiger partial charge in [-0.2, -0.15) is 0 Å². The lowest BCUT2D eigenvalue weighted by molar-refractivity contribution is 0.275. The number of rotatable bonds is 5. The molecule has 2 rings (SSSR count). The third kappa shape index (κ3) is 3.21. The Labute approximate surface area is 116 Å². The maximum Gasteiger partial charge on any atom is 0.127 e. The van der Waals surface area contributed by atoms with Crippen LogP contribution in [0.4, 0.5) is 0 Å². The molecule has 0 aromatic heterocycles. The first-order valence-electron chi connectivity index (χ1n) is 7.19. The van der Waals surface area contributed by atoms with Gasteiger partial charge in [-0.25, -0.2) is 0 Å². The van der Waals surface area contributed by atoms with Gasteiger partial charge in [-0.3, -0.25) is 0 Å². The van der Waals surface area contributed by atoms with Crippen LogP contribution >= 0.6 is 0 Å². The lowest BCUT2D eigenvalue weighted by atomic mass is 9.81. The van der Waals surface area contributed by atoms with Gasteiger partial charge in [0, 0.05) is 17.7 Å². The molecule has 1 fully saturated rings. The van der Waals surface area contributed by atoms with Crippen molar-refractivity contribution in [1.82, 2.24) is 5.32 Å². The lowest BCUT2D eigenvalue weighted by Crippen LogP contribution is -2.27. The van der Waals surface area contributed by atoms with Crippen molar-refractivity contribution in [2.75, 3.05) is 21.3 Å². The molecular weight excluding hydrogens is 238 g/mol. The quantitative estimate of drug-likeness (QED) is 0.881. The second kappa shape index (κ2) is 6.80. The van der Waals surface area contributed by atoms with Gasteiger partial charge in [-0.05, 0) is 31.9 Å². The molecular formula is C16H25NO2. The van der Waals surface area contributed by atoms with E-state index < -0.39 is 0 Å². The fourth-order valence-electron chi connectivity index (χ4n) is 3.19. The van der Waals surface area contributed by atoms with E-state index in [4.69, 9.17) is 9.47 Å². The van der Waals surface area contributed by atoms with E-state index in [1.54, 1.807) is 14.2 Å². The zero-order chi connectivity index (χ0) is 13.7. The van der Waals surface area contributed by atoms with Crippen LogP contribution in [0.15, 0.2) is 18.2 Å². The number of nitrogens with one attached hydrogen (secondary N) is 1. The monoisotopic (exact) mass is 263 g/mol. The van der Waals surface area contributed by atoms with Crippen molar-refractivity contribution in [3.8, 4) is 11.5 Å². The Kier molecular flexibility index (Phi) is 5.08. The van der Waals surface area contributed by atoms with Crippen LogP contribution in [0.5, 0.6) is 11.5 Å². The minimum atomic E-state index is 0.376. The van der Waals surface area contributed by atoms with E-state index in [-0.39, 0.29) is 0 Å². The zero-order valence-corrected chi connectivity index (χ0v) is 12.2. The summed E-state index contributed by atoms with van der Waals surface area (Å²) in [6.45, 7) is 0. The standard InChI is InChI=1S/C16H25NO2/c1-17-16(12-7-5-4-6-8-12)14-10-9-13(18-2)11-15(14)19-3/h9-12,16-17H,4-8H2,1-3H3. The van der Waals surface area contributed by atoms with Crippen molar-refractivity contribution in [2.24, 2.45) is 5.92 Å². The summed E-state index contributed by atoms with van der Waals surface area (Å²) in [6.07, 6.45) is 6.69. The van der Waals surface area contributed by atoms with E-state index in [2.05, 4.69) is 11.4 Å². The van der Waals surface area contributed by atoms with Crippen molar-refractivity contribution in [1.29, 1.82) is 0 Å². The van der Waals surface area contributed by atoms with Crippen molar-refractivity contribution < 1.29 is 9.47 Å². The molecule has 0 bridgehead atoms. The topological polar surface area (TPSA) is 30.5 Å².